The van der Waals surface area contributed by atoms with Crippen LogP contribution in [0.3, 0.4) is 0 Å². The molecule has 1 heterocycles. The average Bonchev–Trinajstić information content (AvgIpc) is 2.98. The molecule has 0 radical (unpaired) electrons. The van der Waals surface area contributed by atoms with Gasteiger partial charge in [0.25, 0.3) is 5.69 Å². The Hall–Kier alpha value is -2.88. The van der Waals surface area contributed by atoms with Gasteiger partial charge in [-0.25, -0.2) is 9.59 Å². The monoisotopic (exact) mass is 366 g/mol. The number of aliphatic hydroxyl groups is 1. The largest absolute Gasteiger partial charge is 0.445 e. The minimum atomic E-state index is -0.678. The molecule has 1 aliphatic rings. The number of hydrogen-bond donors (Lipinski definition) is 2. The summed E-state index contributed by atoms with van der Waals surface area (Å²) in [6.07, 6.45) is -0.937. The Bertz CT molecular complexity index is 663. The van der Waals surface area contributed by atoms with Crippen molar-refractivity contribution in [1.82, 2.24) is 15.1 Å². The van der Waals surface area contributed by atoms with Crippen molar-refractivity contribution in [3.05, 3.63) is 39.9 Å². The highest BCUT2D eigenvalue weighted by atomic mass is 16.6. The number of benzene rings is 1. The van der Waals surface area contributed by atoms with E-state index in [-0.39, 0.29) is 37.5 Å². The van der Waals surface area contributed by atoms with E-state index in [0.29, 0.717) is 12.0 Å². The molecule has 10 heteroatoms. The number of aliphatic hydroxyl groups excluding tert-OH is 1. The van der Waals surface area contributed by atoms with Gasteiger partial charge in [-0.2, -0.15) is 0 Å². The average molecular weight is 366 g/mol. The van der Waals surface area contributed by atoms with Crippen molar-refractivity contribution in [2.45, 2.75) is 25.2 Å². The van der Waals surface area contributed by atoms with Crippen molar-refractivity contribution in [2.75, 3.05) is 27.2 Å². The van der Waals surface area contributed by atoms with Gasteiger partial charge in [-0.3, -0.25) is 10.1 Å². The van der Waals surface area contributed by atoms with Crippen LogP contribution in [0.4, 0.5) is 15.3 Å². The molecule has 0 bridgehead atoms. The lowest BCUT2D eigenvalue weighted by Crippen LogP contribution is -2.45. The number of nitro benzene ring substituents is 1. The van der Waals surface area contributed by atoms with E-state index in [0.717, 1.165) is 0 Å². The summed E-state index contributed by atoms with van der Waals surface area (Å²) in [4.78, 5) is 36.8. The van der Waals surface area contributed by atoms with Crippen molar-refractivity contribution in [3.8, 4) is 0 Å². The normalized spacial score (nSPS) is 19.1. The zero-order valence-corrected chi connectivity index (χ0v) is 14.6. The lowest BCUT2D eigenvalue weighted by molar-refractivity contribution is -0.384. The lowest BCUT2D eigenvalue weighted by atomic mass is 10.2. The first-order valence-electron chi connectivity index (χ1n) is 8.08. The molecule has 1 aromatic rings. The summed E-state index contributed by atoms with van der Waals surface area (Å²) in [6, 6.07) is 5.05. The number of ether oxygens (including phenoxy) is 1. The number of rotatable bonds is 5. The van der Waals surface area contributed by atoms with Gasteiger partial charge in [0.15, 0.2) is 0 Å². The van der Waals surface area contributed by atoms with Crippen LogP contribution in [0.15, 0.2) is 24.3 Å². The number of nitrogens with zero attached hydrogens (tertiary/aromatic N) is 3. The first-order valence-corrected chi connectivity index (χ1v) is 8.08. The second-order valence-corrected chi connectivity index (χ2v) is 6.25. The fraction of sp³-hybridized carbons (Fsp3) is 0.500. The van der Waals surface area contributed by atoms with Gasteiger partial charge in [0.2, 0.25) is 0 Å². The highest BCUT2D eigenvalue weighted by Crippen LogP contribution is 2.19. The van der Waals surface area contributed by atoms with Crippen LogP contribution in [-0.4, -0.2) is 71.3 Å². The molecule has 1 saturated heterocycles. The molecule has 0 spiro atoms. The van der Waals surface area contributed by atoms with Crippen LogP contribution < -0.4 is 5.32 Å². The molecule has 26 heavy (non-hydrogen) atoms. The minimum Gasteiger partial charge on any atom is -0.445 e. The minimum absolute atomic E-state index is 0.0415. The molecule has 1 aliphatic heterocycles. The third-order valence-electron chi connectivity index (χ3n) is 4.03. The van der Waals surface area contributed by atoms with Crippen molar-refractivity contribution in [1.29, 1.82) is 0 Å². The Kier molecular flexibility index (Phi) is 6.34. The predicted molar refractivity (Wildman–Crippen MR) is 91.5 cm³/mol. The van der Waals surface area contributed by atoms with E-state index >= 15 is 0 Å². The number of carbonyl (C=O) groups excluding carboxylic acids is 2. The van der Waals surface area contributed by atoms with Crippen molar-refractivity contribution >= 4 is 17.8 Å². The standard InChI is InChI=1S/C16H22N4O6/c1-18(2)15(22)17-8-13-7-14(21)9-19(13)16(23)26-10-11-3-5-12(6-4-11)20(24)25/h3-6,13-14,21H,7-10H2,1-2H3,(H,17,22)/t13-,14+/m0/s1. The molecular formula is C16H22N4O6. The SMILES string of the molecule is CN(C)C(=O)NC[C@@H]1C[C@@H](O)CN1C(=O)OCc1ccc([N+](=O)[O-])cc1. The van der Waals surface area contributed by atoms with Gasteiger partial charge in [-0.1, -0.05) is 0 Å². The van der Waals surface area contributed by atoms with Gasteiger partial charge in [-0.15, -0.1) is 0 Å². The van der Waals surface area contributed by atoms with Crippen LogP contribution in [0.1, 0.15) is 12.0 Å². The lowest BCUT2D eigenvalue weighted by Gasteiger charge is -2.24. The van der Waals surface area contributed by atoms with Gasteiger partial charge in [0, 0.05) is 32.8 Å². The number of nitrogens with one attached hydrogen (secondary N) is 1. The quantitative estimate of drug-likeness (QED) is 0.590. The number of amides is 3. The molecule has 0 saturated carbocycles. The predicted octanol–water partition coefficient (Wildman–Crippen LogP) is 0.938. The number of likely N-dealkylation sites (tertiary alicyclic amines) is 1. The van der Waals surface area contributed by atoms with Crippen LogP contribution in [0.5, 0.6) is 0 Å². The molecule has 0 aliphatic carbocycles. The molecule has 3 amide bonds. The molecule has 0 unspecified atom stereocenters. The van der Waals surface area contributed by atoms with Crippen LogP contribution in [-0.2, 0) is 11.3 Å². The Morgan fingerprint density at radius 2 is 2.04 bits per heavy atom. The van der Waals surface area contributed by atoms with Gasteiger partial charge in [-0.05, 0) is 24.1 Å². The number of hydrogen-bond acceptors (Lipinski definition) is 6. The third-order valence-corrected chi connectivity index (χ3v) is 4.03. The molecule has 10 nitrogen and oxygen atoms in total. The Morgan fingerprint density at radius 1 is 1.38 bits per heavy atom. The number of non-ortho nitro benzene ring substituents is 1. The summed E-state index contributed by atoms with van der Waals surface area (Å²) in [5.41, 5.74) is 0.570. The highest BCUT2D eigenvalue weighted by molar-refractivity contribution is 5.73. The second-order valence-electron chi connectivity index (χ2n) is 6.25. The number of β-amino-alcohol motifs (C(OH)–C–C–N with tert-alkyl or cyclic N) is 1. The fourth-order valence-electron chi connectivity index (χ4n) is 2.61. The summed E-state index contributed by atoms with van der Waals surface area (Å²) < 4.78 is 5.23. The zero-order valence-electron chi connectivity index (χ0n) is 14.6. The molecule has 1 aromatic carbocycles. The van der Waals surface area contributed by atoms with Crippen molar-refractivity contribution in [2.24, 2.45) is 0 Å². The molecule has 2 atom stereocenters. The van der Waals surface area contributed by atoms with Crippen molar-refractivity contribution < 1.29 is 24.4 Å². The van der Waals surface area contributed by atoms with E-state index in [1.54, 1.807) is 14.1 Å². The Labute approximate surface area is 150 Å². The molecule has 2 rings (SSSR count). The van der Waals surface area contributed by atoms with Gasteiger partial charge in [0.05, 0.1) is 23.6 Å². The Morgan fingerprint density at radius 3 is 2.62 bits per heavy atom. The van der Waals surface area contributed by atoms with Crippen molar-refractivity contribution in [3.63, 3.8) is 0 Å². The maximum Gasteiger partial charge on any atom is 0.410 e. The first-order chi connectivity index (χ1) is 12.3. The summed E-state index contributed by atoms with van der Waals surface area (Å²) in [5, 5.41) is 23.1. The van der Waals surface area contributed by atoms with E-state index in [4.69, 9.17) is 4.74 Å². The molecule has 142 valence electrons. The van der Waals surface area contributed by atoms with Crippen LogP contribution >= 0.6 is 0 Å². The van der Waals surface area contributed by atoms with Gasteiger partial charge < -0.3 is 25.0 Å². The fourth-order valence-corrected chi connectivity index (χ4v) is 2.61. The molecule has 2 N–H and O–H groups in total. The number of urea groups is 1. The van der Waals surface area contributed by atoms with Gasteiger partial charge >= 0.3 is 12.1 Å². The number of nitro groups is 1. The van der Waals surface area contributed by atoms with E-state index in [1.807, 2.05) is 0 Å². The first kappa shape index (κ1) is 19.4. The summed E-state index contributed by atoms with van der Waals surface area (Å²) >= 11 is 0. The van der Waals surface area contributed by atoms with Crippen LogP contribution in [0, 0.1) is 10.1 Å². The van der Waals surface area contributed by atoms with E-state index in [9.17, 15) is 24.8 Å². The zero-order chi connectivity index (χ0) is 19.3. The molecular weight excluding hydrogens is 344 g/mol. The van der Waals surface area contributed by atoms with Crippen LogP contribution in [0.2, 0.25) is 0 Å². The topological polar surface area (TPSA) is 125 Å². The summed E-state index contributed by atoms with van der Waals surface area (Å²) in [6.45, 7) is 0.294. The molecule has 1 fully saturated rings. The smallest absolute Gasteiger partial charge is 0.410 e. The van der Waals surface area contributed by atoms with Crippen LogP contribution in [0.25, 0.3) is 0 Å². The summed E-state index contributed by atoms with van der Waals surface area (Å²) in [7, 11) is 3.21. The third kappa shape index (κ3) is 5.06. The summed E-state index contributed by atoms with van der Waals surface area (Å²) in [5.74, 6) is 0. The Balaban J connectivity index is 1.89. The highest BCUT2D eigenvalue weighted by Gasteiger charge is 2.35. The maximum absolute atomic E-state index is 12.3. The van der Waals surface area contributed by atoms with Gasteiger partial charge in [0.1, 0.15) is 6.61 Å². The van der Waals surface area contributed by atoms with E-state index in [1.165, 1.54) is 34.1 Å². The molecule has 0 aromatic heterocycles. The number of carbonyl (C=O) groups is 2. The van der Waals surface area contributed by atoms with E-state index in [2.05, 4.69) is 5.32 Å². The second kappa shape index (κ2) is 8.48. The maximum atomic E-state index is 12.3. The van der Waals surface area contributed by atoms with E-state index < -0.39 is 17.1 Å².